The zero-order valence-corrected chi connectivity index (χ0v) is 15.8. The first kappa shape index (κ1) is 17.4. The van der Waals surface area contributed by atoms with Gasteiger partial charge in [-0.05, 0) is 48.3 Å². The molecule has 0 unspecified atom stereocenters. The van der Waals surface area contributed by atoms with Crippen molar-refractivity contribution in [3.8, 4) is 11.3 Å². The van der Waals surface area contributed by atoms with Crippen LogP contribution in [0, 0.1) is 35.5 Å². The van der Waals surface area contributed by atoms with Crippen LogP contribution in [0.15, 0.2) is 58.1 Å². The van der Waals surface area contributed by atoms with Crippen molar-refractivity contribution in [2.75, 3.05) is 0 Å². The number of imide groups is 1. The van der Waals surface area contributed by atoms with Crippen LogP contribution in [0.1, 0.15) is 22.5 Å². The molecular weight excluding hydrogens is 384 g/mol. The van der Waals surface area contributed by atoms with Gasteiger partial charge in [-0.15, -0.1) is 0 Å². The largest absolute Gasteiger partial charge is 0.478 e. The minimum Gasteiger partial charge on any atom is -0.478 e. The summed E-state index contributed by atoms with van der Waals surface area (Å²) in [5, 5.41) is 14.5. The second-order valence-corrected chi connectivity index (χ2v) is 8.44. The maximum Gasteiger partial charge on any atom is 0.336 e. The molecule has 1 aromatic carbocycles. The molecule has 7 heteroatoms. The molecule has 150 valence electrons. The third kappa shape index (κ3) is 2.32. The lowest BCUT2D eigenvalue weighted by Crippen LogP contribution is -2.40. The van der Waals surface area contributed by atoms with Crippen molar-refractivity contribution in [2.45, 2.75) is 6.42 Å². The van der Waals surface area contributed by atoms with Crippen LogP contribution in [0.5, 0.6) is 0 Å². The number of furan rings is 1. The van der Waals surface area contributed by atoms with Crippen molar-refractivity contribution in [3.63, 3.8) is 0 Å². The fraction of sp³-hybridized carbons (Fsp3) is 0.304. The van der Waals surface area contributed by atoms with Crippen LogP contribution < -0.4 is 0 Å². The van der Waals surface area contributed by atoms with E-state index in [1.807, 2.05) is 0 Å². The molecule has 5 aliphatic rings. The molecule has 2 saturated carbocycles. The van der Waals surface area contributed by atoms with Crippen LogP contribution in [0.4, 0.5) is 0 Å². The number of carbonyl (C=O) groups excluding carboxylic acids is 2. The molecule has 1 saturated heterocycles. The molecule has 4 aliphatic carbocycles. The fourth-order valence-corrected chi connectivity index (χ4v) is 5.62. The normalized spacial score (nSPS) is 33.3. The van der Waals surface area contributed by atoms with E-state index in [2.05, 4.69) is 17.3 Å². The highest BCUT2D eigenvalue weighted by Gasteiger charge is 2.67. The summed E-state index contributed by atoms with van der Waals surface area (Å²) in [6.07, 6.45) is 6.70. The molecule has 0 spiro atoms. The summed E-state index contributed by atoms with van der Waals surface area (Å²) < 4.78 is 5.71. The Kier molecular flexibility index (Phi) is 3.48. The molecule has 6 atom stereocenters. The molecule has 2 bridgehead atoms. The van der Waals surface area contributed by atoms with Crippen molar-refractivity contribution in [3.05, 3.63) is 59.9 Å². The van der Waals surface area contributed by atoms with Gasteiger partial charge in [0.05, 0.1) is 23.6 Å². The van der Waals surface area contributed by atoms with Crippen molar-refractivity contribution >= 4 is 24.0 Å². The van der Waals surface area contributed by atoms with Gasteiger partial charge in [-0.2, -0.15) is 10.1 Å². The van der Waals surface area contributed by atoms with Crippen LogP contribution in [-0.2, 0) is 9.59 Å². The van der Waals surface area contributed by atoms with E-state index in [4.69, 9.17) is 4.42 Å². The van der Waals surface area contributed by atoms with E-state index in [9.17, 15) is 19.5 Å². The average Bonchev–Trinajstić information content (AvgIpc) is 3.39. The quantitative estimate of drug-likeness (QED) is 0.481. The van der Waals surface area contributed by atoms with Gasteiger partial charge in [-0.3, -0.25) is 9.59 Å². The van der Waals surface area contributed by atoms with Crippen LogP contribution in [0.2, 0.25) is 0 Å². The first-order chi connectivity index (χ1) is 14.5. The summed E-state index contributed by atoms with van der Waals surface area (Å²) in [6.45, 7) is 0. The number of amides is 2. The standard InChI is InChI=1S/C23H18N2O5/c26-21-19-13-6-7-14(17-9-16(13)17)20(19)22(27)25(21)24-10-11-5-8-18(30-11)12-3-1-2-4-15(12)23(28)29/h1-8,10,13-14,16-17,19-20H,9H2,(H,28,29)/t13-,14-,16-,17-,19-,20+/m0/s1. The molecule has 1 aliphatic heterocycles. The Bertz CT molecular complexity index is 1130. The number of allylic oxidation sites excluding steroid dienone is 2. The highest BCUT2D eigenvalue weighted by Crippen LogP contribution is 2.65. The lowest BCUT2D eigenvalue weighted by molar-refractivity contribution is -0.140. The highest BCUT2D eigenvalue weighted by molar-refractivity contribution is 6.06. The van der Waals surface area contributed by atoms with Gasteiger partial charge in [0.1, 0.15) is 11.5 Å². The van der Waals surface area contributed by atoms with E-state index in [1.54, 1.807) is 30.3 Å². The molecule has 1 N–H and O–H groups in total. The molecular formula is C23H18N2O5. The molecule has 3 fully saturated rings. The molecule has 0 radical (unpaired) electrons. The number of carboxylic acid groups (broad SMARTS) is 1. The number of hydrogen-bond donors (Lipinski definition) is 1. The number of nitrogens with zero attached hydrogens (tertiary/aromatic N) is 2. The summed E-state index contributed by atoms with van der Waals surface area (Å²) in [6, 6.07) is 9.83. The van der Waals surface area contributed by atoms with Gasteiger partial charge in [0, 0.05) is 5.56 Å². The lowest BCUT2D eigenvalue weighted by Gasteiger charge is -2.37. The summed E-state index contributed by atoms with van der Waals surface area (Å²) in [4.78, 5) is 37.3. The van der Waals surface area contributed by atoms with Gasteiger partial charge in [0.15, 0.2) is 0 Å². The molecule has 2 aromatic rings. The Hall–Kier alpha value is -3.48. The summed E-state index contributed by atoms with van der Waals surface area (Å²) in [5.41, 5.74) is 0.580. The summed E-state index contributed by atoms with van der Waals surface area (Å²) in [5.74, 6) is 0.0407. The number of hydrogen-bond acceptors (Lipinski definition) is 5. The van der Waals surface area contributed by atoms with Gasteiger partial charge in [-0.25, -0.2) is 4.79 Å². The predicted octanol–water partition coefficient (Wildman–Crippen LogP) is 3.03. The minimum atomic E-state index is -1.05. The second-order valence-electron chi connectivity index (χ2n) is 8.44. The molecule has 30 heavy (non-hydrogen) atoms. The maximum atomic E-state index is 12.9. The number of benzene rings is 1. The van der Waals surface area contributed by atoms with Crippen LogP contribution in [0.3, 0.4) is 0 Å². The molecule has 7 nitrogen and oxygen atoms in total. The molecule has 7 rings (SSSR count). The van der Waals surface area contributed by atoms with Gasteiger partial charge < -0.3 is 9.52 Å². The molecule has 2 amide bonds. The van der Waals surface area contributed by atoms with Crippen LogP contribution in [-0.4, -0.2) is 34.1 Å². The Morgan fingerprint density at radius 3 is 2.37 bits per heavy atom. The fourth-order valence-electron chi connectivity index (χ4n) is 5.62. The third-order valence-corrected chi connectivity index (χ3v) is 6.99. The van der Waals surface area contributed by atoms with Crippen LogP contribution >= 0.6 is 0 Å². The maximum absolute atomic E-state index is 12.9. The second kappa shape index (κ2) is 6.01. The Morgan fingerprint density at radius 1 is 1.03 bits per heavy atom. The van der Waals surface area contributed by atoms with E-state index >= 15 is 0 Å². The zero-order chi connectivity index (χ0) is 20.6. The Balaban J connectivity index is 1.26. The lowest BCUT2D eigenvalue weighted by atomic mass is 9.63. The molecule has 2 heterocycles. The highest BCUT2D eigenvalue weighted by atomic mass is 16.4. The van der Waals surface area contributed by atoms with Gasteiger partial charge in [0.25, 0.3) is 11.8 Å². The monoisotopic (exact) mass is 402 g/mol. The summed E-state index contributed by atoms with van der Waals surface area (Å²) >= 11 is 0. The predicted molar refractivity (Wildman–Crippen MR) is 105 cm³/mol. The Labute approximate surface area is 171 Å². The number of rotatable bonds is 4. The minimum absolute atomic E-state index is 0.130. The van der Waals surface area contributed by atoms with Gasteiger partial charge >= 0.3 is 5.97 Å². The zero-order valence-electron chi connectivity index (χ0n) is 15.8. The van der Waals surface area contributed by atoms with Gasteiger partial charge in [0.2, 0.25) is 0 Å². The topological polar surface area (TPSA) is 100 Å². The van der Waals surface area contributed by atoms with Crippen LogP contribution in [0.25, 0.3) is 11.3 Å². The molecule has 1 aromatic heterocycles. The first-order valence-corrected chi connectivity index (χ1v) is 10.1. The van der Waals surface area contributed by atoms with Gasteiger partial charge in [-0.1, -0.05) is 30.4 Å². The van der Waals surface area contributed by atoms with E-state index < -0.39 is 5.97 Å². The van der Waals surface area contributed by atoms with E-state index in [0.717, 1.165) is 11.4 Å². The van der Waals surface area contributed by atoms with Crippen molar-refractivity contribution in [1.29, 1.82) is 0 Å². The number of carboxylic acids is 1. The van der Waals surface area contributed by atoms with Crippen molar-refractivity contribution in [1.82, 2.24) is 5.01 Å². The van der Waals surface area contributed by atoms with E-state index in [1.165, 1.54) is 12.3 Å². The number of carbonyl (C=O) groups is 3. The smallest absolute Gasteiger partial charge is 0.336 e. The first-order valence-electron chi connectivity index (χ1n) is 10.1. The Morgan fingerprint density at radius 2 is 1.70 bits per heavy atom. The summed E-state index contributed by atoms with van der Waals surface area (Å²) in [7, 11) is 0. The number of aromatic carboxylic acids is 1. The van der Waals surface area contributed by atoms with E-state index in [0.29, 0.717) is 28.9 Å². The van der Waals surface area contributed by atoms with Crippen molar-refractivity contribution < 1.29 is 23.9 Å². The number of hydrazone groups is 1. The van der Waals surface area contributed by atoms with E-state index in [-0.39, 0.29) is 41.0 Å². The third-order valence-electron chi connectivity index (χ3n) is 6.99. The average molecular weight is 402 g/mol. The SMILES string of the molecule is O=C(O)c1ccccc1-c1ccc(C=NN2C(=O)[C@@H]3[C@H]4C=C[C@@H]([C@@H]5C[C@@H]45)[C@@H]3C2=O)o1. The van der Waals surface area contributed by atoms with Crippen molar-refractivity contribution in [2.24, 2.45) is 40.6 Å².